The van der Waals surface area contributed by atoms with Crippen LogP contribution in [-0.4, -0.2) is 36.1 Å². The van der Waals surface area contributed by atoms with Crippen molar-refractivity contribution >= 4 is 0 Å². The van der Waals surface area contributed by atoms with Crippen LogP contribution in [-0.2, 0) is 0 Å². The van der Waals surface area contributed by atoms with Crippen LogP contribution >= 0.6 is 0 Å². The van der Waals surface area contributed by atoms with Gasteiger partial charge in [0.2, 0.25) is 0 Å². The monoisotopic (exact) mass is 236 g/mol. The molecule has 1 heterocycles. The zero-order valence-corrected chi connectivity index (χ0v) is 12.0. The summed E-state index contributed by atoms with van der Waals surface area (Å²) in [5, 5.41) is 3.67. The van der Waals surface area contributed by atoms with Crippen molar-refractivity contribution in [3.8, 4) is 12.3 Å². The Hall–Kier alpha value is -0.520. The Morgan fingerprint density at radius 1 is 1.29 bits per heavy atom. The lowest BCUT2D eigenvalue weighted by molar-refractivity contribution is 0.0635. The Labute approximate surface area is 107 Å². The van der Waals surface area contributed by atoms with Gasteiger partial charge in [-0.3, -0.25) is 4.90 Å². The highest BCUT2D eigenvalue weighted by Crippen LogP contribution is 2.21. The van der Waals surface area contributed by atoms with E-state index in [-0.39, 0.29) is 0 Å². The van der Waals surface area contributed by atoms with Crippen LogP contribution in [0.3, 0.4) is 0 Å². The quantitative estimate of drug-likeness (QED) is 0.754. The van der Waals surface area contributed by atoms with Gasteiger partial charge >= 0.3 is 0 Å². The molecule has 0 saturated carbocycles. The topological polar surface area (TPSA) is 15.3 Å². The minimum atomic E-state index is 0.297. The molecule has 17 heavy (non-hydrogen) atoms. The number of nitrogens with one attached hydrogen (secondary N) is 1. The summed E-state index contributed by atoms with van der Waals surface area (Å²) in [6.45, 7) is 13.5. The van der Waals surface area contributed by atoms with Crippen LogP contribution in [0.2, 0.25) is 0 Å². The molecule has 0 aliphatic carbocycles. The molecule has 1 aliphatic heterocycles. The minimum absolute atomic E-state index is 0.297. The molecule has 0 bridgehead atoms. The van der Waals surface area contributed by atoms with E-state index in [0.29, 0.717) is 30.0 Å². The number of piperazine rings is 1. The first-order valence-corrected chi connectivity index (χ1v) is 6.96. The van der Waals surface area contributed by atoms with Gasteiger partial charge in [0, 0.05) is 25.2 Å². The van der Waals surface area contributed by atoms with Crippen LogP contribution in [0.15, 0.2) is 0 Å². The average Bonchev–Trinajstić information content (AvgIpc) is 2.30. The second-order valence-corrected chi connectivity index (χ2v) is 5.86. The smallest absolute Gasteiger partial charge is 0.0712 e. The summed E-state index contributed by atoms with van der Waals surface area (Å²) in [4.78, 5) is 2.55. The number of rotatable bonds is 4. The van der Waals surface area contributed by atoms with E-state index < -0.39 is 0 Å². The van der Waals surface area contributed by atoms with Crippen LogP contribution in [0.1, 0.15) is 41.0 Å². The molecule has 0 amide bonds. The second kappa shape index (κ2) is 6.42. The Morgan fingerprint density at radius 2 is 1.94 bits per heavy atom. The lowest BCUT2D eigenvalue weighted by Gasteiger charge is -2.46. The first-order valence-electron chi connectivity index (χ1n) is 6.96. The molecule has 1 aliphatic rings. The van der Waals surface area contributed by atoms with E-state index in [4.69, 9.17) is 6.42 Å². The number of hydrogen-bond acceptors (Lipinski definition) is 2. The summed E-state index contributed by atoms with van der Waals surface area (Å²) >= 11 is 0. The molecule has 3 atom stereocenters. The van der Waals surface area contributed by atoms with Gasteiger partial charge in [0.15, 0.2) is 0 Å². The molecule has 3 unspecified atom stereocenters. The van der Waals surface area contributed by atoms with Crippen molar-refractivity contribution in [3.63, 3.8) is 0 Å². The average molecular weight is 236 g/mol. The molecular formula is C15H28N2. The van der Waals surface area contributed by atoms with E-state index >= 15 is 0 Å². The predicted octanol–water partition coefficient (Wildman–Crippen LogP) is 2.35. The Kier molecular flexibility index (Phi) is 5.49. The van der Waals surface area contributed by atoms with Gasteiger partial charge < -0.3 is 5.32 Å². The van der Waals surface area contributed by atoms with Crippen molar-refractivity contribution in [2.75, 3.05) is 13.1 Å². The summed E-state index contributed by atoms with van der Waals surface area (Å²) in [7, 11) is 0. The molecule has 1 rings (SSSR count). The summed E-state index contributed by atoms with van der Waals surface area (Å²) in [6, 6.07) is 1.45. The second-order valence-electron chi connectivity index (χ2n) is 5.86. The fourth-order valence-electron chi connectivity index (χ4n) is 2.69. The molecule has 1 N–H and O–H groups in total. The standard InChI is InChI=1S/C15H28N2/c1-7-13(8-2)17-10-14(11(3)4)16-9-15(17)12(5)6/h1,11-16H,8-10H2,2-6H3. The fraction of sp³-hybridized carbons (Fsp3) is 0.867. The highest BCUT2D eigenvalue weighted by Gasteiger charge is 2.33. The van der Waals surface area contributed by atoms with Crippen molar-refractivity contribution in [2.24, 2.45) is 11.8 Å². The van der Waals surface area contributed by atoms with Crippen LogP contribution in [0.5, 0.6) is 0 Å². The zero-order chi connectivity index (χ0) is 13.0. The Balaban J connectivity index is 2.79. The Morgan fingerprint density at radius 3 is 2.35 bits per heavy atom. The molecule has 1 fully saturated rings. The van der Waals surface area contributed by atoms with E-state index in [9.17, 15) is 0 Å². The molecule has 1 saturated heterocycles. The normalized spacial score (nSPS) is 28.4. The van der Waals surface area contributed by atoms with Gasteiger partial charge in [0.25, 0.3) is 0 Å². The van der Waals surface area contributed by atoms with E-state index in [0.717, 1.165) is 19.5 Å². The van der Waals surface area contributed by atoms with Crippen molar-refractivity contribution < 1.29 is 0 Å². The Bertz CT molecular complexity index is 265. The largest absolute Gasteiger partial charge is 0.311 e. The van der Waals surface area contributed by atoms with E-state index in [1.165, 1.54) is 0 Å². The molecule has 98 valence electrons. The van der Waals surface area contributed by atoms with E-state index in [1.54, 1.807) is 0 Å². The van der Waals surface area contributed by atoms with Gasteiger partial charge in [-0.15, -0.1) is 6.42 Å². The predicted molar refractivity (Wildman–Crippen MR) is 74.9 cm³/mol. The van der Waals surface area contributed by atoms with Gasteiger partial charge in [0.05, 0.1) is 6.04 Å². The molecule has 2 heteroatoms. The summed E-state index contributed by atoms with van der Waals surface area (Å²) < 4.78 is 0. The van der Waals surface area contributed by atoms with Gasteiger partial charge in [0.1, 0.15) is 0 Å². The number of hydrogen-bond donors (Lipinski definition) is 1. The number of nitrogens with zero attached hydrogens (tertiary/aromatic N) is 1. The highest BCUT2D eigenvalue weighted by molar-refractivity contribution is 5.04. The zero-order valence-electron chi connectivity index (χ0n) is 12.0. The molecule has 2 nitrogen and oxygen atoms in total. The fourth-order valence-corrected chi connectivity index (χ4v) is 2.69. The van der Waals surface area contributed by atoms with Gasteiger partial charge in [-0.1, -0.05) is 40.5 Å². The molecule has 0 aromatic rings. The summed E-state index contributed by atoms with van der Waals surface area (Å²) in [6.07, 6.45) is 6.73. The lowest BCUT2D eigenvalue weighted by atomic mass is 9.92. The SMILES string of the molecule is C#CC(CC)N1CC(C(C)C)NCC1C(C)C. The minimum Gasteiger partial charge on any atom is -0.311 e. The van der Waals surface area contributed by atoms with Gasteiger partial charge in [-0.2, -0.15) is 0 Å². The molecule has 0 aromatic heterocycles. The van der Waals surface area contributed by atoms with Gasteiger partial charge in [-0.05, 0) is 18.3 Å². The number of terminal acetylenes is 1. The van der Waals surface area contributed by atoms with Crippen LogP contribution in [0.25, 0.3) is 0 Å². The third-order valence-corrected chi connectivity index (χ3v) is 3.98. The van der Waals surface area contributed by atoms with Crippen LogP contribution < -0.4 is 5.32 Å². The third kappa shape index (κ3) is 3.47. The summed E-state index contributed by atoms with van der Waals surface area (Å²) in [5.41, 5.74) is 0. The first-order chi connectivity index (χ1) is 8.01. The van der Waals surface area contributed by atoms with Crippen LogP contribution in [0.4, 0.5) is 0 Å². The molecule has 0 aromatic carbocycles. The maximum atomic E-state index is 5.69. The van der Waals surface area contributed by atoms with Crippen molar-refractivity contribution in [1.82, 2.24) is 10.2 Å². The first kappa shape index (κ1) is 14.5. The van der Waals surface area contributed by atoms with Crippen molar-refractivity contribution in [2.45, 2.75) is 59.2 Å². The van der Waals surface area contributed by atoms with Crippen molar-refractivity contribution in [3.05, 3.63) is 0 Å². The highest BCUT2D eigenvalue weighted by atomic mass is 15.3. The molecule has 0 spiro atoms. The van der Waals surface area contributed by atoms with Gasteiger partial charge in [-0.25, -0.2) is 0 Å². The van der Waals surface area contributed by atoms with E-state index in [2.05, 4.69) is 50.8 Å². The van der Waals surface area contributed by atoms with E-state index in [1.807, 2.05) is 0 Å². The third-order valence-electron chi connectivity index (χ3n) is 3.98. The molecule has 0 radical (unpaired) electrons. The summed E-state index contributed by atoms with van der Waals surface area (Å²) in [5.74, 6) is 4.28. The van der Waals surface area contributed by atoms with Crippen molar-refractivity contribution in [1.29, 1.82) is 0 Å². The maximum Gasteiger partial charge on any atom is 0.0712 e. The van der Waals surface area contributed by atoms with Crippen LogP contribution in [0, 0.1) is 24.2 Å². The maximum absolute atomic E-state index is 5.69. The lowest BCUT2D eigenvalue weighted by Crippen LogP contribution is -2.62. The molecular weight excluding hydrogens is 208 g/mol.